The SMILES string of the molecule is Cn1c(=O)c2c(N[B]I)nccc2c2cc(F)c(Cl)cc21. The smallest absolute Gasteiger partial charge is 0.329 e. The molecule has 0 bridgehead atoms. The average Bonchev–Trinajstić information content (AvgIpc) is 2.47. The van der Waals surface area contributed by atoms with Crippen molar-refractivity contribution in [3.8, 4) is 0 Å². The van der Waals surface area contributed by atoms with Gasteiger partial charge in [-0.3, -0.25) is 4.79 Å². The third kappa shape index (κ3) is 2.28. The summed E-state index contributed by atoms with van der Waals surface area (Å²) in [5.41, 5.74) is 0.364. The van der Waals surface area contributed by atoms with Crippen LogP contribution in [0.4, 0.5) is 10.2 Å². The summed E-state index contributed by atoms with van der Waals surface area (Å²) in [5, 5.41) is 6.25. The largest absolute Gasteiger partial charge is 0.407 e. The number of aryl methyl sites for hydroxylation is 1. The second-order valence-corrected chi connectivity index (χ2v) is 5.51. The molecule has 8 heteroatoms. The summed E-state index contributed by atoms with van der Waals surface area (Å²) in [7, 11) is 1.63. The molecule has 0 saturated carbocycles. The van der Waals surface area contributed by atoms with Crippen LogP contribution in [0.3, 0.4) is 0 Å². The first-order valence-electron chi connectivity index (χ1n) is 5.99. The summed E-state index contributed by atoms with van der Waals surface area (Å²) in [5.74, 6) is -0.0735. The average molecular weight is 414 g/mol. The van der Waals surface area contributed by atoms with Crippen molar-refractivity contribution in [3.63, 3.8) is 0 Å². The third-order valence-electron chi connectivity index (χ3n) is 3.35. The van der Waals surface area contributed by atoms with Gasteiger partial charge in [-0.2, -0.15) is 0 Å². The summed E-state index contributed by atoms with van der Waals surface area (Å²) in [4.78, 5) is 16.7. The van der Waals surface area contributed by atoms with E-state index in [2.05, 4.69) is 10.2 Å². The Labute approximate surface area is 138 Å². The van der Waals surface area contributed by atoms with Gasteiger partial charge in [0.1, 0.15) is 11.6 Å². The summed E-state index contributed by atoms with van der Waals surface area (Å²) in [6.45, 7) is 0. The lowest BCUT2D eigenvalue weighted by Crippen LogP contribution is -2.19. The second kappa shape index (κ2) is 5.45. The molecule has 1 N–H and O–H groups in total. The number of hydrogen-bond acceptors (Lipinski definition) is 3. The van der Waals surface area contributed by atoms with E-state index in [1.807, 2.05) is 22.4 Å². The minimum Gasteiger partial charge on any atom is -0.407 e. The standard InChI is InChI=1S/C13H8BClFIN3O/c1-20-10-5-8(15)9(16)4-7(10)6-2-3-18-12(19-14-17)11(6)13(20)21/h2-5H,1H3,(H,18,19). The molecule has 105 valence electrons. The summed E-state index contributed by atoms with van der Waals surface area (Å²) >= 11 is 7.83. The van der Waals surface area contributed by atoms with Crippen LogP contribution >= 0.6 is 34.0 Å². The van der Waals surface area contributed by atoms with E-state index in [1.165, 1.54) is 16.7 Å². The van der Waals surface area contributed by atoms with Crippen LogP contribution in [0, 0.1) is 5.82 Å². The van der Waals surface area contributed by atoms with Crippen molar-refractivity contribution < 1.29 is 4.39 Å². The molecule has 0 saturated heterocycles. The Bertz CT molecular complexity index is 931. The zero-order valence-electron chi connectivity index (χ0n) is 10.8. The van der Waals surface area contributed by atoms with Crippen LogP contribution in [0.5, 0.6) is 0 Å². The van der Waals surface area contributed by atoms with Gasteiger partial charge in [-0.1, -0.05) is 11.6 Å². The molecule has 3 rings (SSSR count). The molecule has 1 radical (unpaired) electrons. The highest BCUT2D eigenvalue weighted by molar-refractivity contribution is 14.1. The Morgan fingerprint density at radius 3 is 2.90 bits per heavy atom. The number of nitrogens with zero attached hydrogens (tertiary/aromatic N) is 2. The van der Waals surface area contributed by atoms with Crippen molar-refractivity contribution in [2.45, 2.75) is 0 Å². The normalized spacial score (nSPS) is 11.0. The van der Waals surface area contributed by atoms with E-state index < -0.39 is 5.82 Å². The number of rotatable bonds is 2. The molecule has 2 heterocycles. The van der Waals surface area contributed by atoms with Gasteiger partial charge in [-0.15, -0.1) is 22.4 Å². The second-order valence-electron chi connectivity index (χ2n) is 4.48. The molecule has 0 aliphatic heterocycles. The Morgan fingerprint density at radius 1 is 1.43 bits per heavy atom. The molecule has 0 amide bonds. The molecule has 0 aliphatic carbocycles. The number of fused-ring (bicyclic) bond motifs is 3. The Hall–Kier alpha value is -1.35. The lowest BCUT2D eigenvalue weighted by atomic mass is 10.1. The first kappa shape index (κ1) is 14.6. The fourth-order valence-electron chi connectivity index (χ4n) is 2.37. The minimum absolute atomic E-state index is 0.00940. The highest BCUT2D eigenvalue weighted by atomic mass is 127. The zero-order chi connectivity index (χ0) is 15.1. The van der Waals surface area contributed by atoms with Crippen LogP contribution in [0.2, 0.25) is 5.02 Å². The third-order valence-corrected chi connectivity index (χ3v) is 3.95. The van der Waals surface area contributed by atoms with Crippen LogP contribution in [0.1, 0.15) is 0 Å². The maximum absolute atomic E-state index is 13.8. The highest BCUT2D eigenvalue weighted by Gasteiger charge is 2.14. The van der Waals surface area contributed by atoms with Gasteiger partial charge in [0.05, 0.1) is 15.9 Å². The minimum atomic E-state index is -0.518. The van der Waals surface area contributed by atoms with Gasteiger partial charge in [0.15, 0.2) is 0 Å². The number of pyridine rings is 2. The molecule has 0 fully saturated rings. The Balaban J connectivity index is 2.58. The predicted octanol–water partition coefficient (Wildman–Crippen LogP) is 3.26. The van der Waals surface area contributed by atoms with E-state index >= 15 is 0 Å². The van der Waals surface area contributed by atoms with Crippen LogP contribution in [-0.2, 0) is 7.05 Å². The monoisotopic (exact) mass is 414 g/mol. The van der Waals surface area contributed by atoms with Gasteiger partial charge < -0.3 is 9.79 Å². The molecule has 21 heavy (non-hydrogen) atoms. The van der Waals surface area contributed by atoms with Crippen molar-refractivity contribution in [1.29, 1.82) is 0 Å². The topological polar surface area (TPSA) is 46.9 Å². The summed E-state index contributed by atoms with van der Waals surface area (Å²) in [6.07, 6.45) is 1.58. The molecule has 0 spiro atoms. The van der Waals surface area contributed by atoms with E-state index in [4.69, 9.17) is 11.6 Å². The van der Waals surface area contributed by atoms with Gasteiger partial charge in [0, 0.05) is 24.0 Å². The van der Waals surface area contributed by atoms with Crippen molar-refractivity contribution in [1.82, 2.24) is 9.55 Å². The Morgan fingerprint density at radius 2 is 2.19 bits per heavy atom. The summed E-state index contributed by atoms with van der Waals surface area (Å²) in [6, 6.07) is 4.51. The summed E-state index contributed by atoms with van der Waals surface area (Å²) < 4.78 is 15.2. The number of benzene rings is 1. The first-order valence-corrected chi connectivity index (χ1v) is 7.62. The highest BCUT2D eigenvalue weighted by Crippen LogP contribution is 2.29. The van der Waals surface area contributed by atoms with E-state index in [-0.39, 0.29) is 10.6 Å². The van der Waals surface area contributed by atoms with Gasteiger partial charge in [0.2, 0.25) is 0 Å². The molecule has 0 atom stereocenters. The van der Waals surface area contributed by atoms with E-state index in [9.17, 15) is 9.18 Å². The van der Waals surface area contributed by atoms with Gasteiger partial charge in [0.25, 0.3) is 5.56 Å². The zero-order valence-corrected chi connectivity index (χ0v) is 13.7. The number of anilines is 1. The fourth-order valence-corrected chi connectivity index (χ4v) is 2.82. The van der Waals surface area contributed by atoms with Crippen molar-refractivity contribution >= 4 is 66.7 Å². The molecular formula is C13H8BClFIN3O. The van der Waals surface area contributed by atoms with Crippen LogP contribution in [-0.4, -0.2) is 14.8 Å². The fraction of sp³-hybridized carbons (Fsp3) is 0.0769. The maximum Gasteiger partial charge on any atom is 0.329 e. The number of halogens is 3. The van der Waals surface area contributed by atoms with Gasteiger partial charge in [-0.25, -0.2) is 9.37 Å². The molecule has 0 unspecified atom stereocenters. The van der Waals surface area contributed by atoms with Crippen LogP contribution in [0.25, 0.3) is 21.7 Å². The molecular weight excluding hydrogens is 406 g/mol. The lowest BCUT2D eigenvalue weighted by Gasteiger charge is -2.12. The van der Waals surface area contributed by atoms with E-state index in [1.54, 1.807) is 24.6 Å². The molecule has 0 aliphatic rings. The maximum atomic E-state index is 13.8. The Kier molecular flexibility index (Phi) is 3.79. The number of nitrogens with one attached hydrogen (secondary N) is 1. The van der Waals surface area contributed by atoms with Gasteiger partial charge >= 0.3 is 5.27 Å². The molecule has 4 nitrogen and oxygen atoms in total. The van der Waals surface area contributed by atoms with Crippen LogP contribution < -0.4 is 10.8 Å². The molecule has 2 aromatic heterocycles. The van der Waals surface area contributed by atoms with Gasteiger partial charge in [-0.05, 0) is 18.2 Å². The number of hydrogen-bond donors (Lipinski definition) is 1. The predicted molar refractivity (Wildman–Crippen MR) is 92.9 cm³/mol. The lowest BCUT2D eigenvalue weighted by molar-refractivity contribution is 0.630. The molecule has 1 aromatic carbocycles. The van der Waals surface area contributed by atoms with Crippen molar-refractivity contribution in [2.24, 2.45) is 7.05 Å². The number of aromatic nitrogens is 2. The van der Waals surface area contributed by atoms with Crippen LogP contribution in [0.15, 0.2) is 29.2 Å². The van der Waals surface area contributed by atoms with E-state index in [0.29, 0.717) is 27.5 Å². The van der Waals surface area contributed by atoms with Crippen molar-refractivity contribution in [2.75, 3.05) is 5.23 Å². The van der Waals surface area contributed by atoms with Crippen molar-refractivity contribution in [3.05, 3.63) is 45.6 Å². The molecule has 3 aromatic rings. The first-order chi connectivity index (χ1) is 10.0. The quantitative estimate of drug-likeness (QED) is 0.398. The van der Waals surface area contributed by atoms with E-state index in [0.717, 1.165) is 0 Å².